The number of nitrogens with zero attached hydrogens (tertiary/aromatic N) is 2. The molecule has 5 heteroatoms. The Bertz CT molecular complexity index is 623. The predicted octanol–water partition coefficient (Wildman–Crippen LogP) is 2.51. The number of rotatable bonds is 2. The third-order valence-corrected chi connectivity index (χ3v) is 2.87. The second kappa shape index (κ2) is 4.84. The minimum atomic E-state index is -0.233. The molecule has 0 radical (unpaired) electrons. The molecule has 1 aromatic carbocycles. The average Bonchev–Trinajstić information content (AvgIpc) is 2.33. The zero-order valence-corrected chi connectivity index (χ0v) is 11.6. The van der Waals surface area contributed by atoms with Gasteiger partial charge in [0.15, 0.2) is 0 Å². The van der Waals surface area contributed by atoms with Gasteiger partial charge < -0.3 is 5.32 Å². The highest BCUT2D eigenvalue weighted by Crippen LogP contribution is 2.23. The Morgan fingerprint density at radius 3 is 2.26 bits per heavy atom. The molecule has 19 heavy (non-hydrogen) atoms. The Morgan fingerprint density at radius 2 is 1.74 bits per heavy atom. The number of aromatic nitrogens is 3. The average molecular weight is 258 g/mol. The van der Waals surface area contributed by atoms with Crippen molar-refractivity contribution in [2.24, 2.45) is 0 Å². The summed E-state index contributed by atoms with van der Waals surface area (Å²) < 4.78 is 0. The van der Waals surface area contributed by atoms with Gasteiger partial charge in [-0.05, 0) is 30.0 Å². The Kier molecular flexibility index (Phi) is 3.38. The van der Waals surface area contributed by atoms with Gasteiger partial charge in [0, 0.05) is 5.69 Å². The van der Waals surface area contributed by atoms with Gasteiger partial charge in [0.2, 0.25) is 5.95 Å². The summed E-state index contributed by atoms with van der Waals surface area (Å²) in [5.41, 5.74) is 2.36. The van der Waals surface area contributed by atoms with Gasteiger partial charge in [-0.1, -0.05) is 32.9 Å². The van der Waals surface area contributed by atoms with E-state index >= 15 is 0 Å². The van der Waals surface area contributed by atoms with Crippen LogP contribution in [0.25, 0.3) is 0 Å². The quantitative estimate of drug-likeness (QED) is 0.868. The van der Waals surface area contributed by atoms with E-state index < -0.39 is 0 Å². The van der Waals surface area contributed by atoms with Crippen molar-refractivity contribution in [1.29, 1.82) is 0 Å². The molecule has 0 aliphatic rings. The van der Waals surface area contributed by atoms with Crippen molar-refractivity contribution in [3.63, 3.8) is 0 Å². The van der Waals surface area contributed by atoms with Gasteiger partial charge in [-0.3, -0.25) is 9.78 Å². The van der Waals surface area contributed by atoms with E-state index in [-0.39, 0.29) is 11.0 Å². The maximum atomic E-state index is 11.4. The molecule has 0 aliphatic heterocycles. The standard InChI is InChI=1S/C14H18N4O/c1-9-12(19)16-13(18-17-9)15-11-7-5-10(6-8-11)14(2,3)4/h5-8H,1-4H3,(H2,15,16,18,19). The van der Waals surface area contributed by atoms with Crippen LogP contribution in [-0.2, 0) is 5.41 Å². The van der Waals surface area contributed by atoms with Gasteiger partial charge in [0.25, 0.3) is 5.56 Å². The molecule has 0 saturated carbocycles. The number of nitrogens with one attached hydrogen (secondary N) is 2. The zero-order valence-electron chi connectivity index (χ0n) is 11.6. The fraction of sp³-hybridized carbons (Fsp3) is 0.357. The van der Waals surface area contributed by atoms with E-state index in [0.29, 0.717) is 11.6 Å². The summed E-state index contributed by atoms with van der Waals surface area (Å²) in [6.45, 7) is 8.11. The number of benzene rings is 1. The SMILES string of the molecule is Cc1nnc(Nc2ccc(C(C)(C)C)cc2)[nH]c1=O. The molecule has 0 aliphatic carbocycles. The lowest BCUT2D eigenvalue weighted by atomic mass is 9.87. The molecule has 1 aromatic heterocycles. The summed E-state index contributed by atoms with van der Waals surface area (Å²) in [5.74, 6) is 0.346. The Balaban J connectivity index is 2.20. The van der Waals surface area contributed by atoms with E-state index in [9.17, 15) is 4.79 Å². The van der Waals surface area contributed by atoms with Gasteiger partial charge in [0.1, 0.15) is 5.69 Å². The Labute approximate surface area is 112 Å². The highest BCUT2D eigenvalue weighted by molar-refractivity contribution is 5.53. The van der Waals surface area contributed by atoms with Crippen molar-refractivity contribution in [2.75, 3.05) is 5.32 Å². The lowest BCUT2D eigenvalue weighted by molar-refractivity contribution is 0.590. The molecule has 2 N–H and O–H groups in total. The first kappa shape index (κ1) is 13.3. The molecule has 0 saturated heterocycles. The minimum absolute atomic E-state index is 0.122. The van der Waals surface area contributed by atoms with Crippen LogP contribution in [0, 0.1) is 6.92 Å². The molecule has 0 amide bonds. The molecule has 0 unspecified atom stereocenters. The van der Waals surface area contributed by atoms with Crippen LogP contribution in [0.15, 0.2) is 29.1 Å². The topological polar surface area (TPSA) is 70.7 Å². The number of aromatic amines is 1. The number of hydrogen-bond donors (Lipinski definition) is 2. The molecule has 0 atom stereocenters. The smallest absolute Gasteiger partial charge is 0.273 e. The third-order valence-electron chi connectivity index (χ3n) is 2.87. The summed E-state index contributed by atoms with van der Waals surface area (Å²) >= 11 is 0. The number of anilines is 2. The van der Waals surface area contributed by atoms with Crippen molar-refractivity contribution in [1.82, 2.24) is 15.2 Å². The molecule has 0 fully saturated rings. The molecule has 2 rings (SSSR count). The molecule has 0 spiro atoms. The summed E-state index contributed by atoms with van der Waals surface area (Å²) in [7, 11) is 0. The Morgan fingerprint density at radius 1 is 1.11 bits per heavy atom. The molecule has 5 nitrogen and oxygen atoms in total. The molecule has 100 valence electrons. The maximum absolute atomic E-state index is 11.4. The van der Waals surface area contributed by atoms with Crippen LogP contribution < -0.4 is 10.9 Å². The van der Waals surface area contributed by atoms with Crippen molar-refractivity contribution in [2.45, 2.75) is 33.1 Å². The molecular weight excluding hydrogens is 240 g/mol. The van der Waals surface area contributed by atoms with Crippen molar-refractivity contribution in [3.05, 3.63) is 45.9 Å². The molecule has 0 bridgehead atoms. The zero-order chi connectivity index (χ0) is 14.0. The fourth-order valence-corrected chi connectivity index (χ4v) is 1.64. The minimum Gasteiger partial charge on any atom is -0.324 e. The number of H-pyrrole nitrogens is 1. The first-order valence-corrected chi connectivity index (χ1v) is 6.17. The predicted molar refractivity (Wildman–Crippen MR) is 75.8 cm³/mol. The van der Waals surface area contributed by atoms with Crippen molar-refractivity contribution >= 4 is 11.6 Å². The maximum Gasteiger partial charge on any atom is 0.273 e. The molecule has 2 aromatic rings. The summed E-state index contributed by atoms with van der Waals surface area (Å²) in [6, 6.07) is 8.03. The van der Waals surface area contributed by atoms with E-state index in [2.05, 4.69) is 53.4 Å². The van der Waals surface area contributed by atoms with Gasteiger partial charge in [-0.25, -0.2) is 0 Å². The molecular formula is C14H18N4O. The van der Waals surface area contributed by atoms with Gasteiger partial charge >= 0.3 is 0 Å². The van der Waals surface area contributed by atoms with E-state index in [0.717, 1.165) is 5.69 Å². The monoisotopic (exact) mass is 258 g/mol. The Hall–Kier alpha value is -2.17. The number of hydrogen-bond acceptors (Lipinski definition) is 4. The second-order valence-electron chi connectivity index (χ2n) is 5.54. The normalized spacial score (nSPS) is 11.4. The number of aryl methyl sites for hydroxylation is 1. The van der Waals surface area contributed by atoms with E-state index in [1.54, 1.807) is 6.92 Å². The highest BCUT2D eigenvalue weighted by atomic mass is 16.1. The summed E-state index contributed by atoms with van der Waals surface area (Å²) in [5, 5.41) is 10.7. The van der Waals surface area contributed by atoms with Crippen molar-refractivity contribution in [3.8, 4) is 0 Å². The van der Waals surface area contributed by atoms with Crippen LogP contribution >= 0.6 is 0 Å². The van der Waals surface area contributed by atoms with Crippen LogP contribution in [0.2, 0.25) is 0 Å². The summed E-state index contributed by atoms with van der Waals surface area (Å²) in [4.78, 5) is 14.0. The summed E-state index contributed by atoms with van der Waals surface area (Å²) in [6.07, 6.45) is 0. The lowest BCUT2D eigenvalue weighted by Gasteiger charge is -2.19. The first-order valence-electron chi connectivity index (χ1n) is 6.17. The van der Waals surface area contributed by atoms with Crippen molar-refractivity contribution < 1.29 is 0 Å². The van der Waals surface area contributed by atoms with Gasteiger partial charge in [-0.2, -0.15) is 0 Å². The van der Waals surface area contributed by atoms with Gasteiger partial charge in [0.05, 0.1) is 0 Å². The van der Waals surface area contributed by atoms with E-state index in [4.69, 9.17) is 0 Å². The highest BCUT2D eigenvalue weighted by Gasteiger charge is 2.12. The lowest BCUT2D eigenvalue weighted by Crippen LogP contribution is -2.15. The fourth-order valence-electron chi connectivity index (χ4n) is 1.64. The van der Waals surface area contributed by atoms with Crippen LogP contribution in [0.4, 0.5) is 11.6 Å². The van der Waals surface area contributed by atoms with Crippen LogP contribution in [-0.4, -0.2) is 15.2 Å². The largest absolute Gasteiger partial charge is 0.324 e. The van der Waals surface area contributed by atoms with Crippen LogP contribution in [0.5, 0.6) is 0 Å². The van der Waals surface area contributed by atoms with Crippen LogP contribution in [0.1, 0.15) is 32.0 Å². The van der Waals surface area contributed by atoms with Gasteiger partial charge in [-0.15, -0.1) is 10.2 Å². The first-order chi connectivity index (χ1) is 8.86. The second-order valence-corrected chi connectivity index (χ2v) is 5.54. The third kappa shape index (κ3) is 3.19. The van der Waals surface area contributed by atoms with E-state index in [1.165, 1.54) is 5.56 Å². The molecule has 1 heterocycles. The van der Waals surface area contributed by atoms with Crippen LogP contribution in [0.3, 0.4) is 0 Å². The van der Waals surface area contributed by atoms with E-state index in [1.807, 2.05) is 12.1 Å².